The van der Waals surface area contributed by atoms with Crippen molar-refractivity contribution in [3.8, 4) is 5.75 Å². The highest BCUT2D eigenvalue weighted by Crippen LogP contribution is 2.18. The summed E-state index contributed by atoms with van der Waals surface area (Å²) < 4.78 is 5.61. The molecule has 1 N–H and O–H groups in total. The maximum Gasteiger partial charge on any atom is 0.193 e. The van der Waals surface area contributed by atoms with Crippen LogP contribution in [0.1, 0.15) is 12.5 Å². The van der Waals surface area contributed by atoms with Crippen molar-refractivity contribution < 1.29 is 4.74 Å². The van der Waals surface area contributed by atoms with Crippen LogP contribution in [0.3, 0.4) is 0 Å². The number of nitrogens with zero attached hydrogens (tertiary/aromatic N) is 2. The Morgan fingerprint density at radius 2 is 2.16 bits per heavy atom. The van der Waals surface area contributed by atoms with Crippen LogP contribution in [-0.2, 0) is 6.42 Å². The molecule has 0 amide bonds. The van der Waals surface area contributed by atoms with Gasteiger partial charge in [0.25, 0.3) is 0 Å². The normalized spacial score (nSPS) is 13.8. The van der Waals surface area contributed by atoms with Crippen molar-refractivity contribution in [2.75, 3.05) is 33.3 Å². The molecule has 1 aromatic carbocycles. The van der Waals surface area contributed by atoms with Crippen molar-refractivity contribution in [1.82, 2.24) is 10.2 Å². The van der Waals surface area contributed by atoms with E-state index in [1.807, 2.05) is 19.1 Å². The fourth-order valence-electron chi connectivity index (χ4n) is 2.04. The predicted molar refractivity (Wildman–Crippen MR) is 89.7 cm³/mol. The van der Waals surface area contributed by atoms with Gasteiger partial charge in [0.2, 0.25) is 0 Å². The number of hydrogen-bond donors (Lipinski definition) is 1. The minimum Gasteiger partial charge on any atom is -0.494 e. The molecule has 1 aliphatic heterocycles. The zero-order valence-corrected chi connectivity index (χ0v) is 13.9. The fraction of sp³-hybridized carbons (Fsp3) is 0.500. The van der Waals surface area contributed by atoms with Crippen LogP contribution in [-0.4, -0.2) is 44.1 Å². The van der Waals surface area contributed by atoms with Gasteiger partial charge in [-0.25, -0.2) is 0 Å². The Balaban J connectivity index is 0.00000180. The molecule has 0 spiro atoms. The van der Waals surface area contributed by atoms with Crippen molar-refractivity contribution in [3.05, 3.63) is 29.8 Å². The van der Waals surface area contributed by atoms with E-state index in [4.69, 9.17) is 4.74 Å². The minimum absolute atomic E-state index is 0. The summed E-state index contributed by atoms with van der Waals surface area (Å²) in [6.07, 6.45) is 0.947. The molecular formula is C14H22IN3O. The molecule has 0 aromatic heterocycles. The number of ether oxygens (including phenoxy) is 1. The van der Waals surface area contributed by atoms with Crippen molar-refractivity contribution >= 4 is 29.9 Å². The zero-order valence-electron chi connectivity index (χ0n) is 11.6. The van der Waals surface area contributed by atoms with Crippen LogP contribution in [0.25, 0.3) is 0 Å². The lowest BCUT2D eigenvalue weighted by Crippen LogP contribution is -2.36. The smallest absolute Gasteiger partial charge is 0.193 e. The Morgan fingerprint density at radius 1 is 1.37 bits per heavy atom. The second-order valence-corrected chi connectivity index (χ2v) is 4.34. The van der Waals surface area contributed by atoms with E-state index in [9.17, 15) is 0 Å². The number of likely N-dealkylation sites (N-methyl/N-ethyl adjacent to an activating group) is 1. The molecule has 4 nitrogen and oxygen atoms in total. The Morgan fingerprint density at radius 3 is 2.84 bits per heavy atom. The van der Waals surface area contributed by atoms with Crippen LogP contribution < -0.4 is 10.1 Å². The number of para-hydroxylation sites is 1. The molecule has 0 fully saturated rings. The Hall–Kier alpha value is -0.980. The molecule has 0 bridgehead atoms. The van der Waals surface area contributed by atoms with Crippen LogP contribution in [0, 0.1) is 0 Å². The summed E-state index contributed by atoms with van der Waals surface area (Å²) >= 11 is 0. The molecule has 0 saturated carbocycles. The summed E-state index contributed by atoms with van der Waals surface area (Å²) in [5, 5.41) is 3.37. The first-order valence-corrected chi connectivity index (χ1v) is 6.51. The SMILES string of the molecule is CCOc1ccccc1CCNC1=NCCN1C.I. The van der Waals surface area contributed by atoms with Gasteiger partial charge in [-0.05, 0) is 25.0 Å². The Kier molecular flexibility index (Phi) is 6.97. The number of halogens is 1. The van der Waals surface area contributed by atoms with Gasteiger partial charge < -0.3 is 15.0 Å². The average Bonchev–Trinajstić information content (AvgIpc) is 2.78. The van der Waals surface area contributed by atoms with Gasteiger partial charge >= 0.3 is 0 Å². The average molecular weight is 375 g/mol. The molecule has 5 heteroatoms. The van der Waals surface area contributed by atoms with E-state index in [-0.39, 0.29) is 24.0 Å². The minimum atomic E-state index is 0. The highest BCUT2D eigenvalue weighted by molar-refractivity contribution is 14.0. The second kappa shape index (κ2) is 8.24. The fourth-order valence-corrected chi connectivity index (χ4v) is 2.04. The standard InChI is InChI=1S/C14H21N3O.HI/c1-3-18-13-7-5-4-6-12(13)8-9-15-14-16-10-11-17(14)2;/h4-7H,3,8-11H2,1-2H3,(H,15,16);1H. The molecule has 0 radical (unpaired) electrons. The van der Waals surface area contributed by atoms with Crippen LogP contribution in [0.4, 0.5) is 0 Å². The van der Waals surface area contributed by atoms with Gasteiger partial charge in [-0.3, -0.25) is 4.99 Å². The van der Waals surface area contributed by atoms with Crippen molar-refractivity contribution in [2.45, 2.75) is 13.3 Å². The molecule has 106 valence electrons. The third-order valence-corrected chi connectivity index (χ3v) is 3.01. The molecule has 0 aliphatic carbocycles. The summed E-state index contributed by atoms with van der Waals surface area (Å²) in [7, 11) is 2.06. The highest BCUT2D eigenvalue weighted by atomic mass is 127. The maximum absolute atomic E-state index is 5.61. The molecule has 19 heavy (non-hydrogen) atoms. The Bertz CT molecular complexity index is 423. The van der Waals surface area contributed by atoms with E-state index in [1.54, 1.807) is 0 Å². The summed E-state index contributed by atoms with van der Waals surface area (Å²) in [6.45, 7) is 5.51. The van der Waals surface area contributed by atoms with Gasteiger partial charge in [0, 0.05) is 20.1 Å². The first-order chi connectivity index (χ1) is 8.81. The summed E-state index contributed by atoms with van der Waals surface area (Å²) in [5.74, 6) is 1.99. The lowest BCUT2D eigenvalue weighted by atomic mass is 10.1. The van der Waals surface area contributed by atoms with Gasteiger partial charge in [0.15, 0.2) is 5.96 Å². The molecule has 0 unspecified atom stereocenters. The number of benzene rings is 1. The number of aliphatic imine (C=N–C) groups is 1. The van der Waals surface area contributed by atoms with Crippen molar-refractivity contribution in [2.24, 2.45) is 4.99 Å². The monoisotopic (exact) mass is 375 g/mol. The third-order valence-electron chi connectivity index (χ3n) is 3.01. The van der Waals surface area contributed by atoms with Gasteiger partial charge in [0.05, 0.1) is 13.2 Å². The highest BCUT2D eigenvalue weighted by Gasteiger charge is 2.11. The number of rotatable bonds is 5. The first kappa shape index (κ1) is 16.1. The lowest BCUT2D eigenvalue weighted by Gasteiger charge is -2.16. The first-order valence-electron chi connectivity index (χ1n) is 6.51. The zero-order chi connectivity index (χ0) is 12.8. The van der Waals surface area contributed by atoms with E-state index in [1.165, 1.54) is 5.56 Å². The molecule has 0 atom stereocenters. The van der Waals surface area contributed by atoms with Gasteiger partial charge in [-0.2, -0.15) is 0 Å². The second-order valence-electron chi connectivity index (χ2n) is 4.34. The van der Waals surface area contributed by atoms with E-state index in [0.29, 0.717) is 6.61 Å². The van der Waals surface area contributed by atoms with Crippen LogP contribution in [0.15, 0.2) is 29.3 Å². The van der Waals surface area contributed by atoms with Gasteiger partial charge in [-0.15, -0.1) is 24.0 Å². The van der Waals surface area contributed by atoms with E-state index in [0.717, 1.165) is 37.8 Å². The molecule has 1 heterocycles. The summed E-state index contributed by atoms with van der Waals surface area (Å²) in [6, 6.07) is 8.21. The maximum atomic E-state index is 5.61. The van der Waals surface area contributed by atoms with E-state index < -0.39 is 0 Å². The third kappa shape index (κ3) is 4.56. The van der Waals surface area contributed by atoms with Crippen LogP contribution in [0.2, 0.25) is 0 Å². The lowest BCUT2D eigenvalue weighted by molar-refractivity contribution is 0.336. The van der Waals surface area contributed by atoms with E-state index >= 15 is 0 Å². The Labute approximate surface area is 132 Å². The topological polar surface area (TPSA) is 36.9 Å². The largest absolute Gasteiger partial charge is 0.494 e. The van der Waals surface area contributed by atoms with E-state index in [2.05, 4.69) is 34.4 Å². The summed E-state index contributed by atoms with van der Waals surface area (Å²) in [5.41, 5.74) is 1.24. The van der Waals surface area contributed by atoms with Crippen LogP contribution in [0.5, 0.6) is 5.75 Å². The molecule has 1 aliphatic rings. The number of guanidine groups is 1. The molecule has 0 saturated heterocycles. The number of nitrogens with one attached hydrogen (secondary N) is 1. The molecule has 1 aromatic rings. The number of hydrogen-bond acceptors (Lipinski definition) is 4. The van der Waals surface area contributed by atoms with Crippen molar-refractivity contribution in [3.63, 3.8) is 0 Å². The van der Waals surface area contributed by atoms with Gasteiger partial charge in [0.1, 0.15) is 5.75 Å². The van der Waals surface area contributed by atoms with Crippen LogP contribution >= 0.6 is 24.0 Å². The molecular weight excluding hydrogens is 353 g/mol. The van der Waals surface area contributed by atoms with Gasteiger partial charge in [-0.1, -0.05) is 18.2 Å². The summed E-state index contributed by atoms with van der Waals surface area (Å²) in [4.78, 5) is 6.55. The molecule has 2 rings (SSSR count). The predicted octanol–water partition coefficient (Wildman–Crippen LogP) is 2.14. The quantitative estimate of drug-likeness (QED) is 0.802. The van der Waals surface area contributed by atoms with Crippen molar-refractivity contribution in [1.29, 1.82) is 0 Å².